The predicted octanol–water partition coefficient (Wildman–Crippen LogP) is 3.84. The minimum atomic E-state index is -0.649. The van der Waals surface area contributed by atoms with Crippen molar-refractivity contribution in [1.29, 1.82) is 0 Å². The summed E-state index contributed by atoms with van der Waals surface area (Å²) in [5, 5.41) is 5.24. The van der Waals surface area contributed by atoms with Crippen LogP contribution in [-0.2, 0) is 4.79 Å². The molecule has 0 unspecified atom stereocenters. The second-order valence-electron chi connectivity index (χ2n) is 4.59. The molecule has 0 saturated heterocycles. The summed E-state index contributed by atoms with van der Waals surface area (Å²) in [6, 6.07) is 11.0. The summed E-state index contributed by atoms with van der Waals surface area (Å²) < 4.78 is 11.0. The smallest absolute Gasteiger partial charge is 0.325 e. The van der Waals surface area contributed by atoms with Gasteiger partial charge in [-0.2, -0.15) is 0 Å². The molecule has 0 saturated carbocycles. The van der Waals surface area contributed by atoms with Gasteiger partial charge in [-0.1, -0.05) is 11.6 Å². The fourth-order valence-corrected chi connectivity index (χ4v) is 2.53. The van der Waals surface area contributed by atoms with Crippen molar-refractivity contribution in [2.24, 2.45) is 0 Å². The molecule has 0 bridgehead atoms. The molecule has 0 aliphatic heterocycles. The number of nitrogens with one attached hydrogen (secondary N) is 2. The maximum atomic E-state index is 11.7. The van der Waals surface area contributed by atoms with Crippen LogP contribution in [0.15, 0.2) is 46.9 Å². The van der Waals surface area contributed by atoms with Gasteiger partial charge in [0.2, 0.25) is 0 Å². The van der Waals surface area contributed by atoms with E-state index in [0.29, 0.717) is 26.7 Å². The maximum absolute atomic E-state index is 11.7. The van der Waals surface area contributed by atoms with Crippen LogP contribution in [0.25, 0.3) is 0 Å². The number of halogens is 2. The lowest BCUT2D eigenvalue weighted by molar-refractivity contribution is -0.121. The number of amides is 3. The van der Waals surface area contributed by atoms with Crippen LogP contribution >= 0.6 is 27.5 Å². The molecule has 0 aromatic heterocycles. The van der Waals surface area contributed by atoms with E-state index in [0.717, 1.165) is 0 Å². The third kappa shape index (κ3) is 5.43. The molecule has 0 atom stereocenters. The highest BCUT2D eigenvalue weighted by Crippen LogP contribution is 2.27. The molecule has 0 aliphatic rings. The summed E-state index contributed by atoms with van der Waals surface area (Å²) in [6.45, 7) is -0.309. The monoisotopic (exact) mass is 412 g/mol. The standard InChI is InChI=1S/C16H14BrClN2O4/c1-23-12-5-3-11(4-6-12)19-16(22)20-15(21)9-24-14-7-2-10(18)8-13(14)17/h2-8H,9H2,1H3,(H2,19,20,21,22). The van der Waals surface area contributed by atoms with E-state index in [2.05, 4.69) is 26.6 Å². The molecule has 0 heterocycles. The third-order valence-corrected chi connectivity index (χ3v) is 3.71. The zero-order valence-electron chi connectivity index (χ0n) is 12.6. The molecule has 2 aromatic rings. The van der Waals surface area contributed by atoms with E-state index in [1.807, 2.05) is 0 Å². The number of ether oxygens (including phenoxy) is 2. The summed E-state index contributed by atoms with van der Waals surface area (Å²) in [5.74, 6) is 0.534. The van der Waals surface area contributed by atoms with Gasteiger partial charge >= 0.3 is 6.03 Å². The van der Waals surface area contributed by atoms with Crippen molar-refractivity contribution in [2.75, 3.05) is 19.0 Å². The van der Waals surface area contributed by atoms with Crippen molar-refractivity contribution < 1.29 is 19.1 Å². The molecule has 8 heteroatoms. The summed E-state index contributed by atoms with van der Waals surface area (Å²) in [6.07, 6.45) is 0. The van der Waals surface area contributed by atoms with Crippen molar-refractivity contribution in [1.82, 2.24) is 5.32 Å². The molecule has 0 fully saturated rings. The van der Waals surface area contributed by atoms with Gasteiger partial charge in [-0.25, -0.2) is 4.79 Å². The Morgan fingerprint density at radius 1 is 1.17 bits per heavy atom. The zero-order chi connectivity index (χ0) is 17.5. The van der Waals surface area contributed by atoms with Crippen LogP contribution in [0, 0.1) is 0 Å². The summed E-state index contributed by atoms with van der Waals surface area (Å²) in [7, 11) is 1.55. The second-order valence-corrected chi connectivity index (χ2v) is 5.88. The summed E-state index contributed by atoms with van der Waals surface area (Å²) in [4.78, 5) is 23.5. The lowest BCUT2D eigenvalue weighted by Crippen LogP contribution is -2.37. The minimum Gasteiger partial charge on any atom is -0.497 e. The van der Waals surface area contributed by atoms with Crippen molar-refractivity contribution in [3.63, 3.8) is 0 Å². The first kappa shape index (κ1) is 18.1. The number of methoxy groups -OCH3 is 1. The second kappa shape index (κ2) is 8.56. The highest BCUT2D eigenvalue weighted by Gasteiger charge is 2.10. The van der Waals surface area contributed by atoms with Crippen LogP contribution in [0.2, 0.25) is 5.02 Å². The van der Waals surface area contributed by atoms with E-state index in [9.17, 15) is 9.59 Å². The molecule has 0 spiro atoms. The Bertz CT molecular complexity index is 737. The van der Waals surface area contributed by atoms with Crippen LogP contribution in [0.5, 0.6) is 11.5 Å². The molecular formula is C16H14BrClN2O4. The molecule has 0 radical (unpaired) electrons. The topological polar surface area (TPSA) is 76.7 Å². The van der Waals surface area contributed by atoms with Crippen LogP contribution in [-0.4, -0.2) is 25.7 Å². The number of rotatable bonds is 5. The van der Waals surface area contributed by atoms with Crippen molar-refractivity contribution >= 4 is 45.2 Å². The van der Waals surface area contributed by atoms with E-state index in [1.165, 1.54) is 0 Å². The van der Waals surface area contributed by atoms with Gasteiger partial charge in [-0.05, 0) is 58.4 Å². The Morgan fingerprint density at radius 2 is 1.88 bits per heavy atom. The summed E-state index contributed by atoms with van der Waals surface area (Å²) in [5.41, 5.74) is 0.530. The average Bonchev–Trinajstić information content (AvgIpc) is 2.54. The number of hydrogen-bond acceptors (Lipinski definition) is 4. The van der Waals surface area contributed by atoms with Gasteiger partial charge in [-0.3, -0.25) is 10.1 Å². The van der Waals surface area contributed by atoms with Gasteiger partial charge in [-0.15, -0.1) is 0 Å². The van der Waals surface area contributed by atoms with Crippen molar-refractivity contribution in [2.45, 2.75) is 0 Å². The van der Waals surface area contributed by atoms with Crippen LogP contribution in [0.1, 0.15) is 0 Å². The fourth-order valence-electron chi connectivity index (χ4n) is 1.73. The lowest BCUT2D eigenvalue weighted by Gasteiger charge is -2.09. The molecule has 0 aliphatic carbocycles. The Balaban J connectivity index is 1.81. The molecule has 6 nitrogen and oxygen atoms in total. The van der Waals surface area contributed by atoms with Crippen LogP contribution in [0.3, 0.4) is 0 Å². The summed E-state index contributed by atoms with van der Waals surface area (Å²) >= 11 is 9.09. The average molecular weight is 414 g/mol. The van der Waals surface area contributed by atoms with Crippen molar-refractivity contribution in [3.05, 3.63) is 52.0 Å². The number of benzene rings is 2. The molecule has 2 rings (SSSR count). The highest BCUT2D eigenvalue weighted by atomic mass is 79.9. The molecular weight excluding hydrogens is 400 g/mol. The Morgan fingerprint density at radius 3 is 2.50 bits per heavy atom. The number of imide groups is 1. The molecule has 126 valence electrons. The van der Waals surface area contributed by atoms with Gasteiger partial charge in [0.05, 0.1) is 11.6 Å². The number of carbonyl (C=O) groups excluding carboxylic acids is 2. The largest absolute Gasteiger partial charge is 0.497 e. The number of anilines is 1. The quantitative estimate of drug-likeness (QED) is 0.781. The Kier molecular flexibility index (Phi) is 6.45. The van der Waals surface area contributed by atoms with Crippen molar-refractivity contribution in [3.8, 4) is 11.5 Å². The number of carbonyl (C=O) groups is 2. The predicted molar refractivity (Wildman–Crippen MR) is 94.8 cm³/mol. The first-order valence-corrected chi connectivity index (χ1v) is 7.98. The van der Waals surface area contributed by atoms with E-state index in [-0.39, 0.29) is 6.61 Å². The number of hydrogen-bond donors (Lipinski definition) is 2. The van der Waals surface area contributed by atoms with Crippen LogP contribution in [0.4, 0.5) is 10.5 Å². The number of urea groups is 1. The minimum absolute atomic E-state index is 0.309. The SMILES string of the molecule is COc1ccc(NC(=O)NC(=O)COc2ccc(Cl)cc2Br)cc1. The van der Waals surface area contributed by atoms with Crippen LogP contribution < -0.4 is 20.1 Å². The molecule has 2 aromatic carbocycles. The van der Waals surface area contributed by atoms with E-state index in [1.54, 1.807) is 49.6 Å². The van der Waals surface area contributed by atoms with Gasteiger partial charge in [0.1, 0.15) is 11.5 Å². The normalized spacial score (nSPS) is 9.96. The lowest BCUT2D eigenvalue weighted by atomic mass is 10.3. The van der Waals surface area contributed by atoms with Gasteiger partial charge < -0.3 is 14.8 Å². The first-order chi connectivity index (χ1) is 11.5. The maximum Gasteiger partial charge on any atom is 0.325 e. The molecule has 24 heavy (non-hydrogen) atoms. The first-order valence-electron chi connectivity index (χ1n) is 6.80. The van der Waals surface area contributed by atoms with E-state index >= 15 is 0 Å². The van der Waals surface area contributed by atoms with Gasteiger partial charge in [0, 0.05) is 10.7 Å². The van der Waals surface area contributed by atoms with E-state index in [4.69, 9.17) is 21.1 Å². The van der Waals surface area contributed by atoms with E-state index < -0.39 is 11.9 Å². The molecule has 2 N–H and O–H groups in total. The Hall–Kier alpha value is -2.25. The highest BCUT2D eigenvalue weighted by molar-refractivity contribution is 9.10. The van der Waals surface area contributed by atoms with Gasteiger partial charge in [0.15, 0.2) is 6.61 Å². The molecule has 3 amide bonds. The fraction of sp³-hybridized carbons (Fsp3) is 0.125. The zero-order valence-corrected chi connectivity index (χ0v) is 15.0. The Labute approximate surface area is 152 Å². The van der Waals surface area contributed by atoms with Gasteiger partial charge in [0.25, 0.3) is 5.91 Å². The third-order valence-electron chi connectivity index (χ3n) is 2.85.